The number of hydrogen-bond acceptors (Lipinski definition) is 6. The highest BCUT2D eigenvalue weighted by molar-refractivity contribution is 5.87. The highest BCUT2D eigenvalue weighted by Gasteiger charge is 2.25. The van der Waals surface area contributed by atoms with E-state index in [4.69, 9.17) is 14.2 Å². The lowest BCUT2D eigenvalue weighted by atomic mass is 10.0. The highest BCUT2D eigenvalue weighted by atomic mass is 16.7. The number of fused-ring (bicyclic) bond motifs is 1. The van der Waals surface area contributed by atoms with Crippen LogP contribution in [-0.4, -0.2) is 43.0 Å². The molecule has 1 heterocycles. The first-order valence-corrected chi connectivity index (χ1v) is 11.3. The third-order valence-electron chi connectivity index (χ3n) is 5.44. The monoisotopic (exact) mass is 485 g/mol. The van der Waals surface area contributed by atoms with Crippen LogP contribution >= 0.6 is 0 Å². The number of carbonyl (C=O) groups excluding carboxylic acids is 2. The van der Waals surface area contributed by atoms with Gasteiger partial charge in [-0.1, -0.05) is 32.0 Å². The quantitative estimate of drug-likeness (QED) is 0.384. The van der Waals surface area contributed by atoms with Crippen molar-refractivity contribution in [3.63, 3.8) is 0 Å². The summed E-state index contributed by atoms with van der Waals surface area (Å²) < 4.78 is 15.8. The summed E-state index contributed by atoms with van der Waals surface area (Å²) in [5.41, 5.74) is 1.44. The molecule has 1 aliphatic heterocycles. The summed E-state index contributed by atoms with van der Waals surface area (Å²) in [7, 11) is 1.58. The van der Waals surface area contributed by atoms with E-state index in [-0.39, 0.29) is 25.0 Å². The van der Waals surface area contributed by atoms with Gasteiger partial charge in [0.25, 0.3) is 0 Å². The van der Waals surface area contributed by atoms with Gasteiger partial charge in [-0.25, -0.2) is 4.79 Å². The minimum atomic E-state index is -1.08. The van der Waals surface area contributed by atoms with Gasteiger partial charge < -0.3 is 35.3 Å². The van der Waals surface area contributed by atoms with Crippen LogP contribution in [0.3, 0.4) is 0 Å². The Morgan fingerprint density at radius 1 is 1.03 bits per heavy atom. The number of benzene rings is 2. The van der Waals surface area contributed by atoms with E-state index in [0.29, 0.717) is 30.0 Å². The lowest BCUT2D eigenvalue weighted by molar-refractivity contribution is -0.137. The van der Waals surface area contributed by atoms with Gasteiger partial charge in [0, 0.05) is 6.54 Å². The Hall–Kier alpha value is -3.95. The normalized spacial score (nSPS) is 13.6. The summed E-state index contributed by atoms with van der Waals surface area (Å²) in [6.07, 6.45) is 0.0705. The molecule has 0 radical (unpaired) electrons. The van der Waals surface area contributed by atoms with E-state index < -0.39 is 24.1 Å². The fraction of sp³-hybridized carbons (Fsp3) is 0.400. The minimum Gasteiger partial charge on any atom is -0.497 e. The lowest BCUT2D eigenvalue weighted by Crippen LogP contribution is -2.51. The predicted octanol–water partition coefficient (Wildman–Crippen LogP) is 2.97. The molecular weight excluding hydrogens is 454 g/mol. The second-order valence-electron chi connectivity index (χ2n) is 8.63. The molecule has 0 aliphatic carbocycles. The largest absolute Gasteiger partial charge is 0.497 e. The van der Waals surface area contributed by atoms with Crippen LogP contribution in [0.2, 0.25) is 0 Å². The second-order valence-corrected chi connectivity index (χ2v) is 8.63. The molecular formula is C25H31N3O7. The Balaban J connectivity index is 1.64. The van der Waals surface area contributed by atoms with E-state index in [2.05, 4.69) is 16.0 Å². The maximum absolute atomic E-state index is 12.9. The average Bonchev–Trinajstić information content (AvgIpc) is 3.29. The predicted molar refractivity (Wildman–Crippen MR) is 127 cm³/mol. The summed E-state index contributed by atoms with van der Waals surface area (Å²) in [6.45, 7) is 4.27. The van der Waals surface area contributed by atoms with Crippen LogP contribution in [0.15, 0.2) is 42.5 Å². The Morgan fingerprint density at radius 2 is 1.74 bits per heavy atom. The molecule has 2 unspecified atom stereocenters. The van der Waals surface area contributed by atoms with Gasteiger partial charge in [-0.05, 0) is 47.7 Å². The van der Waals surface area contributed by atoms with Gasteiger partial charge in [-0.2, -0.15) is 0 Å². The Labute approximate surface area is 203 Å². The van der Waals surface area contributed by atoms with Crippen molar-refractivity contribution in [1.29, 1.82) is 0 Å². The fourth-order valence-electron chi connectivity index (χ4n) is 3.67. The number of nitrogens with one attached hydrogen (secondary N) is 3. The van der Waals surface area contributed by atoms with Gasteiger partial charge in [0.15, 0.2) is 11.5 Å². The number of rotatable bonds is 11. The molecule has 0 fully saturated rings. The number of aliphatic carboxylic acids is 1. The number of ether oxygens (including phenoxy) is 3. The zero-order valence-electron chi connectivity index (χ0n) is 20.0. The SMILES string of the molecule is COc1ccc(CNC(=O)C(CC(C)C)NC(=O)NC(CC(=O)O)c2ccc3c(c2)OCO3)cc1. The van der Waals surface area contributed by atoms with Gasteiger partial charge in [0.1, 0.15) is 11.8 Å². The molecule has 2 aromatic carbocycles. The van der Waals surface area contributed by atoms with Gasteiger partial charge >= 0.3 is 12.0 Å². The topological polar surface area (TPSA) is 135 Å². The Morgan fingerprint density at radius 3 is 2.40 bits per heavy atom. The number of carboxylic acid groups (broad SMARTS) is 1. The van der Waals surface area contributed by atoms with Crippen molar-refractivity contribution < 1.29 is 33.7 Å². The Bertz CT molecular complexity index is 1040. The molecule has 3 amide bonds. The van der Waals surface area contributed by atoms with Crippen LogP contribution in [0, 0.1) is 5.92 Å². The van der Waals surface area contributed by atoms with Crippen LogP contribution < -0.4 is 30.2 Å². The molecule has 0 bridgehead atoms. The number of hydrogen-bond donors (Lipinski definition) is 4. The number of amides is 3. The molecule has 35 heavy (non-hydrogen) atoms. The summed E-state index contributed by atoms with van der Waals surface area (Å²) >= 11 is 0. The summed E-state index contributed by atoms with van der Waals surface area (Å²) in [6, 6.07) is 10.0. The molecule has 0 saturated heterocycles. The second kappa shape index (κ2) is 12.0. The molecule has 0 saturated carbocycles. The first-order chi connectivity index (χ1) is 16.7. The highest BCUT2D eigenvalue weighted by Crippen LogP contribution is 2.34. The van der Waals surface area contributed by atoms with Crippen LogP contribution in [0.25, 0.3) is 0 Å². The fourth-order valence-corrected chi connectivity index (χ4v) is 3.67. The molecule has 2 atom stereocenters. The summed E-state index contributed by atoms with van der Waals surface area (Å²) in [4.78, 5) is 37.1. The summed E-state index contributed by atoms with van der Waals surface area (Å²) in [5, 5.41) is 17.6. The molecule has 0 spiro atoms. The summed E-state index contributed by atoms with van der Waals surface area (Å²) in [5.74, 6) is 0.477. The van der Waals surface area contributed by atoms with E-state index in [0.717, 1.165) is 11.3 Å². The van der Waals surface area contributed by atoms with Crippen LogP contribution in [-0.2, 0) is 16.1 Å². The number of urea groups is 1. The van der Waals surface area contributed by atoms with Crippen molar-refractivity contribution in [3.8, 4) is 17.2 Å². The zero-order valence-corrected chi connectivity index (χ0v) is 20.0. The standard InChI is InChI=1S/C25H31N3O7/c1-15(2)10-20(24(31)26-13-16-4-7-18(33-3)8-5-16)28-25(32)27-19(12-23(29)30)17-6-9-21-22(11-17)35-14-34-21/h4-9,11,15,19-20H,10,12-14H2,1-3H3,(H,26,31)(H,29,30)(H2,27,28,32). The zero-order chi connectivity index (χ0) is 25.4. The Kier molecular flexibility index (Phi) is 8.77. The molecule has 1 aliphatic rings. The molecule has 188 valence electrons. The van der Waals surface area contributed by atoms with E-state index in [1.165, 1.54) is 0 Å². The third-order valence-corrected chi connectivity index (χ3v) is 5.44. The van der Waals surface area contributed by atoms with Crippen molar-refractivity contribution in [2.45, 2.75) is 45.3 Å². The van der Waals surface area contributed by atoms with Crippen LogP contribution in [0.5, 0.6) is 17.2 Å². The van der Waals surface area contributed by atoms with Gasteiger partial charge in [-0.15, -0.1) is 0 Å². The van der Waals surface area contributed by atoms with Gasteiger partial charge in [-0.3, -0.25) is 9.59 Å². The van der Waals surface area contributed by atoms with Crippen molar-refractivity contribution >= 4 is 17.9 Å². The third kappa shape index (κ3) is 7.53. The van der Waals surface area contributed by atoms with Crippen LogP contribution in [0.1, 0.15) is 43.9 Å². The van der Waals surface area contributed by atoms with Crippen LogP contribution in [0.4, 0.5) is 4.79 Å². The maximum atomic E-state index is 12.9. The first-order valence-electron chi connectivity index (χ1n) is 11.3. The van der Waals surface area contributed by atoms with Gasteiger partial charge in [0.05, 0.1) is 19.6 Å². The molecule has 4 N–H and O–H groups in total. The molecule has 3 rings (SSSR count). The molecule has 2 aromatic rings. The van der Waals surface area contributed by atoms with Crippen molar-refractivity contribution in [2.24, 2.45) is 5.92 Å². The van der Waals surface area contributed by atoms with E-state index >= 15 is 0 Å². The maximum Gasteiger partial charge on any atom is 0.315 e. The van der Waals surface area contributed by atoms with E-state index in [1.54, 1.807) is 37.4 Å². The smallest absolute Gasteiger partial charge is 0.315 e. The first kappa shape index (κ1) is 25.7. The van der Waals surface area contributed by atoms with Crippen molar-refractivity contribution in [1.82, 2.24) is 16.0 Å². The number of carbonyl (C=O) groups is 3. The van der Waals surface area contributed by atoms with Crippen molar-refractivity contribution in [3.05, 3.63) is 53.6 Å². The van der Waals surface area contributed by atoms with E-state index in [1.807, 2.05) is 26.0 Å². The number of methoxy groups -OCH3 is 1. The van der Waals surface area contributed by atoms with Crippen molar-refractivity contribution in [2.75, 3.05) is 13.9 Å². The van der Waals surface area contributed by atoms with Gasteiger partial charge in [0.2, 0.25) is 12.7 Å². The molecule has 0 aromatic heterocycles. The molecule has 10 nitrogen and oxygen atoms in total. The number of carboxylic acids is 1. The average molecular weight is 486 g/mol. The van der Waals surface area contributed by atoms with E-state index in [9.17, 15) is 19.5 Å². The molecule has 10 heteroatoms. The lowest BCUT2D eigenvalue weighted by Gasteiger charge is -2.23. The minimum absolute atomic E-state index is 0.0822.